The van der Waals surface area contributed by atoms with Gasteiger partial charge in [0.05, 0.1) is 22.1 Å². The summed E-state index contributed by atoms with van der Waals surface area (Å²) in [5, 5.41) is 6.83. The first-order chi connectivity index (χ1) is 26.8. The minimum Gasteiger partial charge on any atom is -0.456 e. The number of aromatic nitrogens is 4. The summed E-state index contributed by atoms with van der Waals surface area (Å²) in [5.74, 6) is 1.82. The van der Waals surface area contributed by atoms with E-state index in [1.165, 1.54) is 21.5 Å². The maximum Gasteiger partial charge on any atom is 0.164 e. The van der Waals surface area contributed by atoms with Gasteiger partial charge in [0.2, 0.25) is 0 Å². The van der Waals surface area contributed by atoms with Gasteiger partial charge < -0.3 is 8.98 Å². The highest BCUT2D eigenvalue weighted by atomic mass is 16.3. The molecule has 0 aliphatic carbocycles. The monoisotopic (exact) mass is 690 g/mol. The first-order valence-electron chi connectivity index (χ1n) is 18.1. The molecule has 0 N–H and O–H groups in total. The molecule has 3 heterocycles. The Balaban J connectivity index is 1.27. The number of hydrogen-bond donors (Lipinski definition) is 0. The summed E-state index contributed by atoms with van der Waals surface area (Å²) < 4.78 is 9.27. The van der Waals surface area contributed by atoms with Gasteiger partial charge >= 0.3 is 0 Å². The van der Waals surface area contributed by atoms with Crippen molar-refractivity contribution in [3.8, 4) is 51.0 Å². The van der Waals surface area contributed by atoms with Crippen molar-refractivity contribution >= 4 is 54.5 Å². The molecule has 0 amide bonds. The summed E-state index contributed by atoms with van der Waals surface area (Å²) in [6.07, 6.45) is 0. The number of furan rings is 1. The Kier molecular flexibility index (Phi) is 6.79. The number of fused-ring (bicyclic) bond motifs is 8. The van der Waals surface area contributed by atoms with Crippen LogP contribution in [0.5, 0.6) is 0 Å². The Morgan fingerprint density at radius 1 is 0.370 bits per heavy atom. The molecule has 0 atom stereocenters. The fourth-order valence-corrected chi connectivity index (χ4v) is 8.01. The Bertz CT molecular complexity index is 3140. The summed E-state index contributed by atoms with van der Waals surface area (Å²) >= 11 is 0. The SMILES string of the molecule is c1ccc(-c2cc(-n3c4ccccc4c4c5ccccc5ccc43)c3c(c2)oc2cccc(-c4nc(-c5ccccc5)nc(-c5ccccc5)n4)c23)cc1. The second-order valence-electron chi connectivity index (χ2n) is 13.6. The van der Waals surface area contributed by atoms with Crippen molar-refractivity contribution in [2.45, 2.75) is 0 Å². The van der Waals surface area contributed by atoms with E-state index in [4.69, 9.17) is 19.4 Å². The van der Waals surface area contributed by atoms with Crippen LogP contribution in [-0.4, -0.2) is 19.5 Å². The van der Waals surface area contributed by atoms with Crippen LogP contribution in [0, 0.1) is 0 Å². The van der Waals surface area contributed by atoms with E-state index in [1.54, 1.807) is 0 Å². The van der Waals surface area contributed by atoms with Gasteiger partial charge in [0.15, 0.2) is 17.5 Å². The first-order valence-corrected chi connectivity index (χ1v) is 18.1. The highest BCUT2D eigenvalue weighted by Crippen LogP contribution is 2.45. The molecule has 0 fully saturated rings. The summed E-state index contributed by atoms with van der Waals surface area (Å²) in [5.41, 5.74) is 9.76. The van der Waals surface area contributed by atoms with Gasteiger partial charge in [-0.05, 0) is 52.2 Å². The Morgan fingerprint density at radius 2 is 0.981 bits per heavy atom. The van der Waals surface area contributed by atoms with Crippen LogP contribution in [0.4, 0.5) is 0 Å². The van der Waals surface area contributed by atoms with Gasteiger partial charge in [0, 0.05) is 32.8 Å². The minimum atomic E-state index is 0.585. The zero-order valence-corrected chi connectivity index (χ0v) is 29.0. The predicted octanol–water partition coefficient (Wildman–Crippen LogP) is 12.7. The molecule has 0 unspecified atom stereocenters. The van der Waals surface area contributed by atoms with Crippen LogP contribution < -0.4 is 0 Å². The van der Waals surface area contributed by atoms with Crippen LogP contribution in [0.25, 0.3) is 105 Å². The zero-order chi connectivity index (χ0) is 35.6. The second kappa shape index (κ2) is 12.1. The third kappa shape index (κ3) is 4.76. The van der Waals surface area contributed by atoms with E-state index in [-0.39, 0.29) is 0 Å². The lowest BCUT2D eigenvalue weighted by Gasteiger charge is -2.14. The first kappa shape index (κ1) is 30.3. The van der Waals surface area contributed by atoms with Gasteiger partial charge in [-0.1, -0.05) is 152 Å². The molecule has 3 aromatic heterocycles. The smallest absolute Gasteiger partial charge is 0.164 e. The normalized spacial score (nSPS) is 11.7. The molecule has 0 spiro atoms. The number of rotatable bonds is 5. The molecule has 252 valence electrons. The molecule has 11 rings (SSSR count). The van der Waals surface area contributed by atoms with Crippen LogP contribution >= 0.6 is 0 Å². The van der Waals surface area contributed by atoms with Gasteiger partial charge in [-0.15, -0.1) is 0 Å². The molecular formula is C49H30N4O. The molecule has 54 heavy (non-hydrogen) atoms. The number of nitrogens with zero attached hydrogens (tertiary/aromatic N) is 4. The molecular weight excluding hydrogens is 661 g/mol. The predicted molar refractivity (Wildman–Crippen MR) is 221 cm³/mol. The van der Waals surface area contributed by atoms with Crippen LogP contribution in [0.3, 0.4) is 0 Å². The molecule has 0 saturated heterocycles. The van der Waals surface area contributed by atoms with E-state index >= 15 is 0 Å². The molecule has 0 aliphatic heterocycles. The van der Waals surface area contributed by atoms with Gasteiger partial charge in [-0.25, -0.2) is 15.0 Å². The van der Waals surface area contributed by atoms with Gasteiger partial charge in [-0.2, -0.15) is 0 Å². The highest BCUT2D eigenvalue weighted by Gasteiger charge is 2.24. The van der Waals surface area contributed by atoms with Crippen molar-refractivity contribution in [1.82, 2.24) is 19.5 Å². The number of benzene rings is 8. The van der Waals surface area contributed by atoms with Crippen molar-refractivity contribution in [1.29, 1.82) is 0 Å². The average molecular weight is 691 g/mol. The van der Waals surface area contributed by atoms with E-state index in [0.717, 1.165) is 66.5 Å². The molecule has 11 aromatic rings. The van der Waals surface area contributed by atoms with E-state index in [0.29, 0.717) is 17.5 Å². The summed E-state index contributed by atoms with van der Waals surface area (Å²) in [6.45, 7) is 0. The van der Waals surface area contributed by atoms with E-state index in [2.05, 4.69) is 114 Å². The van der Waals surface area contributed by atoms with E-state index in [1.807, 2.05) is 72.8 Å². The van der Waals surface area contributed by atoms with Crippen molar-refractivity contribution < 1.29 is 4.42 Å². The second-order valence-corrected chi connectivity index (χ2v) is 13.6. The molecule has 5 nitrogen and oxygen atoms in total. The standard InChI is InChI=1S/C49H30N4O/c1-4-15-31(16-5-1)35-29-41(53-39-25-13-12-23-37(39)44-36-22-11-10-17-32(36)27-28-40(44)53)46-43(30-35)54-42-26-14-24-38(45(42)46)49-51-47(33-18-6-2-7-19-33)50-48(52-49)34-20-8-3-9-21-34/h1-30H. The number of hydrogen-bond acceptors (Lipinski definition) is 4. The van der Waals surface area contributed by atoms with Gasteiger partial charge in [0.25, 0.3) is 0 Å². The lowest BCUT2D eigenvalue weighted by molar-refractivity contribution is 0.669. The fourth-order valence-electron chi connectivity index (χ4n) is 8.01. The maximum atomic E-state index is 6.86. The third-order valence-corrected chi connectivity index (χ3v) is 10.4. The Hall–Kier alpha value is -7.37. The van der Waals surface area contributed by atoms with Gasteiger partial charge in [-0.3, -0.25) is 0 Å². The molecule has 0 saturated carbocycles. The van der Waals surface area contributed by atoms with Crippen molar-refractivity contribution in [2.75, 3.05) is 0 Å². The highest BCUT2D eigenvalue weighted by molar-refractivity contribution is 6.23. The molecule has 0 radical (unpaired) electrons. The average Bonchev–Trinajstić information content (AvgIpc) is 3.80. The molecule has 5 heteroatoms. The molecule has 8 aromatic carbocycles. The van der Waals surface area contributed by atoms with Crippen LogP contribution in [0.2, 0.25) is 0 Å². The quantitative estimate of drug-likeness (QED) is 0.180. The lowest BCUT2D eigenvalue weighted by atomic mass is 9.99. The zero-order valence-electron chi connectivity index (χ0n) is 29.0. The van der Waals surface area contributed by atoms with Crippen LogP contribution in [0.1, 0.15) is 0 Å². The van der Waals surface area contributed by atoms with Crippen LogP contribution in [0.15, 0.2) is 186 Å². The van der Waals surface area contributed by atoms with Gasteiger partial charge in [0.1, 0.15) is 11.2 Å². The molecule has 0 bridgehead atoms. The Morgan fingerprint density at radius 3 is 1.70 bits per heavy atom. The van der Waals surface area contributed by atoms with Crippen molar-refractivity contribution in [2.24, 2.45) is 0 Å². The Labute approximate surface area is 310 Å². The van der Waals surface area contributed by atoms with E-state index in [9.17, 15) is 0 Å². The minimum absolute atomic E-state index is 0.585. The fraction of sp³-hybridized carbons (Fsp3) is 0. The summed E-state index contributed by atoms with van der Waals surface area (Å²) in [4.78, 5) is 15.3. The van der Waals surface area contributed by atoms with Crippen molar-refractivity contribution in [3.63, 3.8) is 0 Å². The lowest BCUT2D eigenvalue weighted by Crippen LogP contribution is -2.00. The topological polar surface area (TPSA) is 56.7 Å². The van der Waals surface area contributed by atoms with E-state index < -0.39 is 0 Å². The largest absolute Gasteiger partial charge is 0.456 e. The molecule has 0 aliphatic rings. The van der Waals surface area contributed by atoms with Crippen molar-refractivity contribution in [3.05, 3.63) is 182 Å². The van der Waals surface area contributed by atoms with Crippen LogP contribution in [-0.2, 0) is 0 Å². The summed E-state index contributed by atoms with van der Waals surface area (Å²) in [7, 11) is 0. The summed E-state index contributed by atoms with van der Waals surface area (Å²) in [6, 6.07) is 63.2. The number of para-hydroxylation sites is 1. The maximum absolute atomic E-state index is 6.86. The third-order valence-electron chi connectivity index (χ3n) is 10.4.